The summed E-state index contributed by atoms with van der Waals surface area (Å²) >= 11 is 0. The lowest BCUT2D eigenvalue weighted by atomic mass is 10.3. The molecule has 5 heteroatoms. The Labute approximate surface area is 93.9 Å². The summed E-state index contributed by atoms with van der Waals surface area (Å²) in [5, 5.41) is 4.16. The van der Waals surface area contributed by atoms with Gasteiger partial charge in [-0.05, 0) is 12.1 Å². The fraction of sp³-hybridized carbons (Fsp3) is 0.273. The Hall–Kier alpha value is -1.88. The van der Waals surface area contributed by atoms with E-state index in [1.54, 1.807) is 11.0 Å². The largest absolute Gasteiger partial charge is 0.492 e. The molecular formula is C11H14N4O. The van der Waals surface area contributed by atoms with Crippen LogP contribution < -0.4 is 10.5 Å². The van der Waals surface area contributed by atoms with Crippen LogP contribution >= 0.6 is 0 Å². The van der Waals surface area contributed by atoms with Gasteiger partial charge in [0.1, 0.15) is 18.7 Å². The molecule has 0 bridgehead atoms. The highest BCUT2D eigenvalue weighted by Crippen LogP contribution is 2.07. The summed E-state index contributed by atoms with van der Waals surface area (Å²) in [6.45, 7) is 1.60. The van der Waals surface area contributed by atoms with E-state index in [0.717, 1.165) is 5.75 Å². The number of benzene rings is 1. The molecule has 0 unspecified atom stereocenters. The molecule has 0 amide bonds. The van der Waals surface area contributed by atoms with Crippen LogP contribution in [-0.4, -0.2) is 21.4 Å². The maximum atomic E-state index is 5.53. The van der Waals surface area contributed by atoms with Crippen LogP contribution in [0.1, 0.15) is 5.82 Å². The fourth-order valence-corrected chi connectivity index (χ4v) is 1.31. The molecule has 5 nitrogen and oxygen atoms in total. The molecule has 84 valence electrons. The number of hydrogen-bond acceptors (Lipinski definition) is 4. The first-order valence-corrected chi connectivity index (χ1v) is 5.15. The first kappa shape index (κ1) is 10.6. The second kappa shape index (κ2) is 5.27. The summed E-state index contributed by atoms with van der Waals surface area (Å²) in [5.74, 6) is 1.52. The molecule has 0 atom stereocenters. The van der Waals surface area contributed by atoms with Crippen LogP contribution in [-0.2, 0) is 13.1 Å². The monoisotopic (exact) mass is 218 g/mol. The predicted molar refractivity (Wildman–Crippen MR) is 59.9 cm³/mol. The van der Waals surface area contributed by atoms with Crippen LogP contribution in [0.2, 0.25) is 0 Å². The summed E-state index contributed by atoms with van der Waals surface area (Å²) < 4.78 is 7.26. The zero-order valence-electron chi connectivity index (χ0n) is 8.91. The zero-order valence-corrected chi connectivity index (χ0v) is 8.91. The fourth-order valence-electron chi connectivity index (χ4n) is 1.31. The van der Waals surface area contributed by atoms with Gasteiger partial charge in [-0.15, -0.1) is 0 Å². The Morgan fingerprint density at radius 2 is 2.06 bits per heavy atom. The van der Waals surface area contributed by atoms with Gasteiger partial charge in [0.05, 0.1) is 13.1 Å². The van der Waals surface area contributed by atoms with Gasteiger partial charge >= 0.3 is 0 Å². The molecule has 0 radical (unpaired) electrons. The van der Waals surface area contributed by atoms with Crippen molar-refractivity contribution in [3.8, 4) is 5.75 Å². The molecule has 0 saturated carbocycles. The number of rotatable bonds is 5. The van der Waals surface area contributed by atoms with Crippen LogP contribution in [0, 0.1) is 0 Å². The highest BCUT2D eigenvalue weighted by atomic mass is 16.5. The van der Waals surface area contributed by atoms with Crippen LogP contribution in [0.15, 0.2) is 36.7 Å². The Morgan fingerprint density at radius 3 is 2.75 bits per heavy atom. The Balaban J connectivity index is 1.80. The highest BCUT2D eigenvalue weighted by Gasteiger charge is 1.98. The van der Waals surface area contributed by atoms with Gasteiger partial charge in [-0.1, -0.05) is 18.2 Å². The van der Waals surface area contributed by atoms with E-state index in [0.29, 0.717) is 25.5 Å². The quantitative estimate of drug-likeness (QED) is 0.806. The van der Waals surface area contributed by atoms with Crippen molar-refractivity contribution in [2.75, 3.05) is 6.61 Å². The summed E-state index contributed by atoms with van der Waals surface area (Å²) in [4.78, 5) is 4.03. The molecule has 0 aliphatic rings. The topological polar surface area (TPSA) is 66.0 Å². The van der Waals surface area contributed by atoms with Gasteiger partial charge in [-0.25, -0.2) is 9.67 Å². The standard InChI is InChI=1S/C11H14N4O/c12-8-11-13-9-15(14-11)6-7-16-10-4-2-1-3-5-10/h1-5,9H,6-8,12H2. The molecule has 2 rings (SSSR count). The minimum Gasteiger partial charge on any atom is -0.492 e. The van der Waals surface area contributed by atoms with Crippen LogP contribution in [0.25, 0.3) is 0 Å². The maximum absolute atomic E-state index is 5.53. The lowest BCUT2D eigenvalue weighted by molar-refractivity contribution is 0.291. The Kier molecular flexibility index (Phi) is 3.50. The van der Waals surface area contributed by atoms with Crippen molar-refractivity contribution >= 4 is 0 Å². The molecule has 0 fully saturated rings. The average molecular weight is 218 g/mol. The molecular weight excluding hydrogens is 204 g/mol. The number of para-hydroxylation sites is 1. The molecule has 1 aromatic heterocycles. The number of nitrogens with zero attached hydrogens (tertiary/aromatic N) is 3. The molecule has 0 saturated heterocycles. The number of aromatic nitrogens is 3. The van der Waals surface area contributed by atoms with E-state index in [1.165, 1.54) is 0 Å². The van der Waals surface area contributed by atoms with E-state index in [1.807, 2.05) is 30.3 Å². The van der Waals surface area contributed by atoms with Crippen LogP contribution in [0.4, 0.5) is 0 Å². The van der Waals surface area contributed by atoms with Crippen molar-refractivity contribution < 1.29 is 4.74 Å². The second-order valence-electron chi connectivity index (χ2n) is 3.29. The van der Waals surface area contributed by atoms with Gasteiger partial charge in [-0.3, -0.25) is 0 Å². The van der Waals surface area contributed by atoms with Gasteiger partial charge < -0.3 is 10.5 Å². The Bertz CT molecular complexity index is 427. The summed E-state index contributed by atoms with van der Waals surface area (Å²) in [6.07, 6.45) is 1.66. The van der Waals surface area contributed by atoms with Gasteiger partial charge in [0.15, 0.2) is 5.82 Å². The van der Waals surface area contributed by atoms with Gasteiger partial charge in [0.25, 0.3) is 0 Å². The molecule has 0 aliphatic carbocycles. The van der Waals surface area contributed by atoms with Crippen LogP contribution in [0.5, 0.6) is 5.75 Å². The Morgan fingerprint density at radius 1 is 1.25 bits per heavy atom. The summed E-state index contributed by atoms with van der Waals surface area (Å²) in [5.41, 5.74) is 5.41. The van der Waals surface area contributed by atoms with Gasteiger partial charge in [0.2, 0.25) is 0 Å². The minimum atomic E-state index is 0.368. The number of hydrogen-bond donors (Lipinski definition) is 1. The van der Waals surface area contributed by atoms with Crippen molar-refractivity contribution in [1.29, 1.82) is 0 Å². The molecule has 2 aromatic rings. The van der Waals surface area contributed by atoms with Crippen molar-refractivity contribution in [2.24, 2.45) is 5.73 Å². The van der Waals surface area contributed by atoms with E-state index < -0.39 is 0 Å². The highest BCUT2D eigenvalue weighted by molar-refractivity contribution is 5.20. The number of ether oxygens (including phenoxy) is 1. The van der Waals surface area contributed by atoms with E-state index in [9.17, 15) is 0 Å². The molecule has 0 spiro atoms. The van der Waals surface area contributed by atoms with E-state index in [-0.39, 0.29) is 0 Å². The van der Waals surface area contributed by atoms with E-state index in [4.69, 9.17) is 10.5 Å². The molecule has 1 heterocycles. The maximum Gasteiger partial charge on any atom is 0.164 e. The van der Waals surface area contributed by atoms with Crippen molar-refractivity contribution in [1.82, 2.24) is 14.8 Å². The molecule has 16 heavy (non-hydrogen) atoms. The van der Waals surface area contributed by atoms with Crippen molar-refractivity contribution in [3.63, 3.8) is 0 Å². The SMILES string of the molecule is NCc1ncn(CCOc2ccccc2)n1. The third-order valence-electron chi connectivity index (χ3n) is 2.10. The van der Waals surface area contributed by atoms with Gasteiger partial charge in [-0.2, -0.15) is 5.10 Å². The molecule has 2 N–H and O–H groups in total. The number of nitrogens with two attached hydrogens (primary N) is 1. The smallest absolute Gasteiger partial charge is 0.164 e. The molecule has 0 aliphatic heterocycles. The summed E-state index contributed by atoms with van der Waals surface area (Å²) in [6, 6.07) is 9.69. The van der Waals surface area contributed by atoms with Crippen molar-refractivity contribution in [3.05, 3.63) is 42.5 Å². The normalized spacial score (nSPS) is 10.3. The van der Waals surface area contributed by atoms with Crippen LogP contribution in [0.3, 0.4) is 0 Å². The third kappa shape index (κ3) is 2.80. The molecule has 1 aromatic carbocycles. The van der Waals surface area contributed by atoms with E-state index in [2.05, 4.69) is 10.1 Å². The van der Waals surface area contributed by atoms with Gasteiger partial charge in [0, 0.05) is 0 Å². The first-order valence-electron chi connectivity index (χ1n) is 5.15. The van der Waals surface area contributed by atoms with Crippen molar-refractivity contribution in [2.45, 2.75) is 13.1 Å². The predicted octanol–water partition coefficient (Wildman–Crippen LogP) is 0.816. The summed E-state index contributed by atoms with van der Waals surface area (Å²) in [7, 11) is 0. The first-order chi connectivity index (χ1) is 7.88. The third-order valence-corrected chi connectivity index (χ3v) is 2.10. The lowest BCUT2D eigenvalue weighted by Gasteiger charge is -2.05. The van der Waals surface area contributed by atoms with E-state index >= 15 is 0 Å². The second-order valence-corrected chi connectivity index (χ2v) is 3.29. The lowest BCUT2D eigenvalue weighted by Crippen LogP contribution is -2.09. The average Bonchev–Trinajstić information content (AvgIpc) is 2.78. The zero-order chi connectivity index (χ0) is 11.2. The minimum absolute atomic E-state index is 0.368.